The molecule has 0 saturated carbocycles. The summed E-state index contributed by atoms with van der Waals surface area (Å²) in [6.45, 7) is 9.08. The molecule has 0 bridgehead atoms. The van der Waals surface area contributed by atoms with Crippen LogP contribution < -0.4 is 4.57 Å². The zero-order valence-corrected chi connectivity index (χ0v) is 18.2. The van der Waals surface area contributed by atoms with Gasteiger partial charge in [-0.25, -0.2) is 17.8 Å². The minimum absolute atomic E-state index is 0.277. The van der Waals surface area contributed by atoms with Crippen LogP contribution in [0, 0.1) is 0 Å². The maximum Gasteiger partial charge on any atom is 0.485 e. The molecule has 0 unspecified atom stereocenters. The maximum absolute atomic E-state index is 11.2. The topological polar surface area (TPSA) is 87.4 Å². The second kappa shape index (κ2) is 14.1. The van der Waals surface area contributed by atoms with Crippen LogP contribution in [0.5, 0.6) is 0 Å². The van der Waals surface area contributed by atoms with E-state index in [-0.39, 0.29) is 5.97 Å². The van der Waals surface area contributed by atoms with Gasteiger partial charge < -0.3 is 9.29 Å². The molecule has 0 amide bonds. The molecular formula is C20H30F3NO5S. The number of aromatic nitrogens is 1. The zero-order chi connectivity index (χ0) is 23.2. The summed E-state index contributed by atoms with van der Waals surface area (Å²) in [6, 6.07) is 4.35. The maximum atomic E-state index is 11.2. The van der Waals surface area contributed by atoms with Gasteiger partial charge in [-0.3, -0.25) is 0 Å². The lowest BCUT2D eigenvalue weighted by molar-refractivity contribution is -0.697. The number of carbonyl (C=O) groups is 1. The van der Waals surface area contributed by atoms with Crippen LogP contribution in [-0.4, -0.2) is 31.1 Å². The molecular weight excluding hydrogens is 423 g/mol. The molecule has 30 heavy (non-hydrogen) atoms. The molecule has 0 aliphatic heterocycles. The average Bonchev–Trinajstić information content (AvgIpc) is 2.64. The third-order valence-electron chi connectivity index (χ3n) is 3.91. The average molecular weight is 454 g/mol. The molecule has 0 N–H and O–H groups in total. The Morgan fingerprint density at radius 1 is 1.20 bits per heavy atom. The van der Waals surface area contributed by atoms with Crippen molar-refractivity contribution in [1.82, 2.24) is 0 Å². The van der Waals surface area contributed by atoms with Gasteiger partial charge in [-0.2, -0.15) is 13.2 Å². The van der Waals surface area contributed by atoms with Crippen molar-refractivity contribution >= 4 is 16.1 Å². The fraction of sp³-hybridized carbons (Fsp3) is 0.600. The molecule has 0 radical (unpaired) electrons. The van der Waals surface area contributed by atoms with Crippen molar-refractivity contribution in [1.29, 1.82) is 0 Å². The number of halogens is 3. The fourth-order valence-corrected chi connectivity index (χ4v) is 2.28. The third kappa shape index (κ3) is 13.3. The summed E-state index contributed by atoms with van der Waals surface area (Å²) in [5.41, 5.74) is -3.76. The van der Waals surface area contributed by atoms with Gasteiger partial charge in [0.1, 0.15) is 6.54 Å². The number of ether oxygens (including phenoxy) is 1. The van der Waals surface area contributed by atoms with E-state index in [1.807, 2.05) is 0 Å². The minimum Gasteiger partial charge on any atom is -0.741 e. The van der Waals surface area contributed by atoms with Crippen LogP contribution in [0.3, 0.4) is 0 Å². The number of aryl methyl sites for hydroxylation is 2. The van der Waals surface area contributed by atoms with Crippen LogP contribution in [0.15, 0.2) is 36.7 Å². The van der Waals surface area contributed by atoms with E-state index in [1.54, 1.807) is 6.92 Å². The highest BCUT2D eigenvalue weighted by Crippen LogP contribution is 2.20. The molecule has 0 aromatic carbocycles. The SMILES string of the molecule is C=C(C)C(=O)OCCCCCCc1ccc[n+](CCCC)c1.O=S(=O)([O-])C(F)(F)F. The first-order valence-electron chi connectivity index (χ1n) is 9.71. The fourth-order valence-electron chi connectivity index (χ4n) is 2.28. The lowest BCUT2D eigenvalue weighted by Crippen LogP contribution is -2.33. The number of carbonyl (C=O) groups excluding carboxylic acids is 1. The number of esters is 1. The van der Waals surface area contributed by atoms with Crippen LogP contribution in [0.1, 0.15) is 57.9 Å². The Bertz CT molecular complexity index is 764. The van der Waals surface area contributed by atoms with Crippen LogP contribution >= 0.6 is 0 Å². The van der Waals surface area contributed by atoms with Gasteiger partial charge in [0.2, 0.25) is 0 Å². The quantitative estimate of drug-likeness (QED) is 0.126. The standard InChI is InChI=1S/C19H30NO2.CHF3O3S/c1-4-5-13-20-14-10-12-18(16-20)11-8-6-7-9-15-22-19(21)17(2)3;2-1(3,4)8(5,6)7/h10,12,14,16H,2,4-9,11,13,15H2,1,3H3;(H,5,6,7)/q+1;/p-1. The largest absolute Gasteiger partial charge is 0.741 e. The second-order valence-electron chi connectivity index (χ2n) is 6.78. The molecule has 1 aromatic rings. The Kier molecular flexibility index (Phi) is 13.2. The molecule has 0 atom stereocenters. The van der Waals surface area contributed by atoms with Crippen LogP contribution in [0.25, 0.3) is 0 Å². The van der Waals surface area contributed by atoms with Crippen molar-refractivity contribution in [2.75, 3.05) is 6.61 Å². The first-order chi connectivity index (χ1) is 13.9. The first kappa shape index (κ1) is 28.1. The number of unbranched alkanes of at least 4 members (excludes halogenated alkanes) is 4. The molecule has 1 heterocycles. The zero-order valence-electron chi connectivity index (χ0n) is 17.4. The molecule has 0 aliphatic rings. The van der Waals surface area contributed by atoms with Gasteiger partial charge in [0.05, 0.1) is 6.61 Å². The van der Waals surface area contributed by atoms with Gasteiger partial charge in [0, 0.05) is 23.6 Å². The predicted molar refractivity (Wildman–Crippen MR) is 105 cm³/mol. The monoisotopic (exact) mass is 453 g/mol. The van der Waals surface area contributed by atoms with Gasteiger partial charge in [0.15, 0.2) is 22.5 Å². The van der Waals surface area contributed by atoms with Crippen molar-refractivity contribution < 1.29 is 40.2 Å². The Morgan fingerprint density at radius 2 is 1.80 bits per heavy atom. The number of alkyl halides is 3. The number of hydrogen-bond donors (Lipinski definition) is 0. The predicted octanol–water partition coefficient (Wildman–Crippen LogP) is 4.05. The third-order valence-corrected chi connectivity index (χ3v) is 4.48. The van der Waals surface area contributed by atoms with Crippen molar-refractivity contribution in [3.8, 4) is 0 Å². The Labute approximate surface area is 176 Å². The molecule has 0 spiro atoms. The highest BCUT2D eigenvalue weighted by molar-refractivity contribution is 7.86. The van der Waals surface area contributed by atoms with E-state index in [4.69, 9.17) is 17.7 Å². The van der Waals surface area contributed by atoms with Crippen molar-refractivity contribution in [3.63, 3.8) is 0 Å². The van der Waals surface area contributed by atoms with Crippen LogP contribution in [0.4, 0.5) is 13.2 Å². The second-order valence-corrected chi connectivity index (χ2v) is 8.16. The summed E-state index contributed by atoms with van der Waals surface area (Å²) in [5, 5.41) is 0. The van der Waals surface area contributed by atoms with Gasteiger partial charge in [0.25, 0.3) is 0 Å². The van der Waals surface area contributed by atoms with Crippen molar-refractivity contribution in [2.45, 2.75) is 70.8 Å². The van der Waals surface area contributed by atoms with E-state index in [9.17, 15) is 18.0 Å². The number of pyridine rings is 1. The Morgan fingerprint density at radius 3 is 2.33 bits per heavy atom. The summed E-state index contributed by atoms with van der Waals surface area (Å²) in [7, 11) is -6.09. The van der Waals surface area contributed by atoms with Crippen LogP contribution in [0.2, 0.25) is 0 Å². The summed E-state index contributed by atoms with van der Waals surface area (Å²) < 4.78 is 66.3. The smallest absolute Gasteiger partial charge is 0.485 e. The molecule has 10 heteroatoms. The van der Waals surface area contributed by atoms with E-state index in [0.29, 0.717) is 12.2 Å². The van der Waals surface area contributed by atoms with E-state index in [1.165, 1.54) is 31.2 Å². The van der Waals surface area contributed by atoms with E-state index in [0.717, 1.165) is 25.8 Å². The first-order valence-corrected chi connectivity index (χ1v) is 11.1. The van der Waals surface area contributed by atoms with E-state index in [2.05, 4.69) is 42.6 Å². The summed E-state index contributed by atoms with van der Waals surface area (Å²) in [5.74, 6) is -0.277. The Balaban J connectivity index is 0.000000890. The van der Waals surface area contributed by atoms with Gasteiger partial charge >= 0.3 is 11.5 Å². The summed E-state index contributed by atoms with van der Waals surface area (Å²) in [6.07, 6.45) is 12.4. The highest BCUT2D eigenvalue weighted by Gasteiger charge is 2.36. The number of nitrogens with zero attached hydrogens (tertiary/aromatic N) is 1. The highest BCUT2D eigenvalue weighted by atomic mass is 32.2. The molecule has 0 saturated heterocycles. The molecule has 172 valence electrons. The van der Waals surface area contributed by atoms with E-state index >= 15 is 0 Å². The molecule has 0 aliphatic carbocycles. The van der Waals surface area contributed by atoms with Gasteiger partial charge in [-0.05, 0) is 32.3 Å². The lowest BCUT2D eigenvalue weighted by Gasteiger charge is -2.08. The summed E-state index contributed by atoms with van der Waals surface area (Å²) >= 11 is 0. The van der Waals surface area contributed by atoms with Crippen LogP contribution in [-0.2, 0) is 32.6 Å². The number of rotatable bonds is 11. The van der Waals surface area contributed by atoms with Gasteiger partial charge in [-0.15, -0.1) is 0 Å². The van der Waals surface area contributed by atoms with Gasteiger partial charge in [-0.1, -0.05) is 32.8 Å². The van der Waals surface area contributed by atoms with E-state index < -0.39 is 15.6 Å². The lowest BCUT2D eigenvalue weighted by atomic mass is 10.1. The molecule has 0 fully saturated rings. The minimum atomic E-state index is -6.09. The Hall–Kier alpha value is -1.94. The van der Waals surface area contributed by atoms with Crippen molar-refractivity contribution in [3.05, 3.63) is 42.2 Å². The molecule has 1 aromatic heterocycles. The summed E-state index contributed by atoms with van der Waals surface area (Å²) in [4.78, 5) is 11.2. The van der Waals surface area contributed by atoms with Crippen molar-refractivity contribution in [2.24, 2.45) is 0 Å². The molecule has 6 nitrogen and oxygen atoms in total. The number of hydrogen-bond acceptors (Lipinski definition) is 5. The molecule has 1 rings (SSSR count). The normalized spacial score (nSPS) is 11.4.